The average Bonchev–Trinajstić information content (AvgIpc) is 3.28. The molecule has 3 unspecified atom stereocenters. The van der Waals surface area contributed by atoms with E-state index in [4.69, 9.17) is 4.42 Å². The smallest absolute Gasteiger partial charge is 0.252 e. The van der Waals surface area contributed by atoms with E-state index in [-0.39, 0.29) is 5.91 Å². The second-order valence-electron chi connectivity index (χ2n) is 8.81. The van der Waals surface area contributed by atoms with E-state index < -0.39 is 0 Å². The number of nitrogens with one attached hydrogen (secondary N) is 1. The topological polar surface area (TPSA) is 93.8 Å². The van der Waals surface area contributed by atoms with Crippen molar-refractivity contribution in [2.45, 2.75) is 33.6 Å². The molecule has 166 valence electrons. The van der Waals surface area contributed by atoms with Crippen LogP contribution in [0.4, 0.5) is 0 Å². The quantitative estimate of drug-likeness (QED) is 0.559. The summed E-state index contributed by atoms with van der Waals surface area (Å²) in [7, 11) is 0. The van der Waals surface area contributed by atoms with Gasteiger partial charge in [-0.2, -0.15) is 0 Å². The number of carbonyl (C=O) groups is 1. The van der Waals surface area contributed by atoms with Crippen molar-refractivity contribution in [1.29, 1.82) is 0 Å². The summed E-state index contributed by atoms with van der Waals surface area (Å²) in [6, 6.07) is 7.29. The molecule has 0 bridgehead atoms. The van der Waals surface area contributed by atoms with Crippen LogP contribution in [0.5, 0.6) is 0 Å². The van der Waals surface area contributed by atoms with Crippen molar-refractivity contribution in [3.05, 3.63) is 72.2 Å². The standard InChI is InChI=1S/C25H29N5O2/c1-16(2)22-12-20(13-23-29-30-25(32-23)18-6-9-26-10-7-18)17(3)11-21(22)15-28-24(31)19-5-4-8-27-14-19/h4-11,14,16,20-22H,12-13,15H2,1-3H3,(H,28,31). The van der Waals surface area contributed by atoms with E-state index in [1.54, 1.807) is 36.9 Å². The number of nitrogens with zero attached hydrogens (tertiary/aromatic N) is 4. The summed E-state index contributed by atoms with van der Waals surface area (Å²) in [5, 5.41) is 11.6. The Hall–Kier alpha value is -3.35. The van der Waals surface area contributed by atoms with Crippen molar-refractivity contribution < 1.29 is 9.21 Å². The Labute approximate surface area is 188 Å². The van der Waals surface area contributed by atoms with E-state index in [0.717, 1.165) is 18.4 Å². The summed E-state index contributed by atoms with van der Waals surface area (Å²) in [4.78, 5) is 20.5. The first-order valence-corrected chi connectivity index (χ1v) is 11.1. The molecule has 0 saturated carbocycles. The summed E-state index contributed by atoms with van der Waals surface area (Å²) in [6.45, 7) is 7.28. The van der Waals surface area contributed by atoms with Crippen LogP contribution in [-0.4, -0.2) is 32.6 Å². The number of rotatable bonds is 7. The molecule has 0 saturated heterocycles. The van der Waals surface area contributed by atoms with Gasteiger partial charge in [-0.25, -0.2) is 0 Å². The third-order valence-corrected chi connectivity index (χ3v) is 6.32. The Morgan fingerprint density at radius 1 is 1.16 bits per heavy atom. The fourth-order valence-electron chi connectivity index (χ4n) is 4.48. The molecular formula is C25H29N5O2. The van der Waals surface area contributed by atoms with Gasteiger partial charge in [0, 0.05) is 43.3 Å². The first-order chi connectivity index (χ1) is 15.5. The van der Waals surface area contributed by atoms with Gasteiger partial charge in [-0.15, -0.1) is 10.2 Å². The normalized spacial score (nSPS) is 20.8. The van der Waals surface area contributed by atoms with Gasteiger partial charge in [0.25, 0.3) is 5.91 Å². The van der Waals surface area contributed by atoms with Gasteiger partial charge in [0.05, 0.1) is 5.56 Å². The first-order valence-electron chi connectivity index (χ1n) is 11.1. The van der Waals surface area contributed by atoms with Gasteiger partial charge in [0.1, 0.15) is 0 Å². The molecule has 1 aliphatic carbocycles. The Kier molecular flexibility index (Phi) is 6.73. The van der Waals surface area contributed by atoms with E-state index in [0.29, 0.717) is 47.6 Å². The van der Waals surface area contributed by atoms with Crippen molar-refractivity contribution in [3.63, 3.8) is 0 Å². The summed E-state index contributed by atoms with van der Waals surface area (Å²) < 4.78 is 5.93. The van der Waals surface area contributed by atoms with Crippen molar-refractivity contribution in [2.24, 2.45) is 23.7 Å². The largest absolute Gasteiger partial charge is 0.421 e. The minimum absolute atomic E-state index is 0.0803. The van der Waals surface area contributed by atoms with Crippen LogP contribution in [0.3, 0.4) is 0 Å². The fraction of sp³-hybridized carbons (Fsp3) is 0.400. The van der Waals surface area contributed by atoms with E-state index in [1.807, 2.05) is 12.1 Å². The number of aromatic nitrogens is 4. The molecule has 1 amide bonds. The number of hydrogen-bond acceptors (Lipinski definition) is 6. The number of amides is 1. The molecule has 4 rings (SSSR count). The minimum Gasteiger partial charge on any atom is -0.421 e. The molecule has 0 aromatic carbocycles. The highest BCUT2D eigenvalue weighted by Crippen LogP contribution is 2.38. The maximum atomic E-state index is 12.5. The van der Waals surface area contributed by atoms with E-state index in [2.05, 4.69) is 52.3 Å². The molecule has 0 radical (unpaired) electrons. The summed E-state index contributed by atoms with van der Waals surface area (Å²) in [5.41, 5.74) is 2.77. The number of hydrogen-bond donors (Lipinski definition) is 1. The average molecular weight is 432 g/mol. The van der Waals surface area contributed by atoms with Crippen LogP contribution >= 0.6 is 0 Å². The fourth-order valence-corrected chi connectivity index (χ4v) is 4.48. The maximum Gasteiger partial charge on any atom is 0.252 e. The molecule has 0 aliphatic heterocycles. The maximum absolute atomic E-state index is 12.5. The van der Waals surface area contributed by atoms with Gasteiger partial charge in [0.15, 0.2) is 0 Å². The number of allylic oxidation sites excluding steroid dienone is 1. The molecule has 0 spiro atoms. The van der Waals surface area contributed by atoms with E-state index in [1.165, 1.54) is 5.57 Å². The van der Waals surface area contributed by atoms with Crippen LogP contribution in [0, 0.1) is 23.7 Å². The van der Waals surface area contributed by atoms with Crippen LogP contribution in [0.25, 0.3) is 11.5 Å². The van der Waals surface area contributed by atoms with E-state index >= 15 is 0 Å². The highest BCUT2D eigenvalue weighted by atomic mass is 16.4. The van der Waals surface area contributed by atoms with Gasteiger partial charge >= 0.3 is 0 Å². The molecule has 32 heavy (non-hydrogen) atoms. The SMILES string of the molecule is CC1=CC(CNC(=O)c2cccnc2)C(C(C)C)CC1Cc1nnc(-c2ccncc2)o1. The predicted molar refractivity (Wildman–Crippen MR) is 121 cm³/mol. The molecule has 7 heteroatoms. The lowest BCUT2D eigenvalue weighted by molar-refractivity contribution is 0.0938. The highest BCUT2D eigenvalue weighted by Gasteiger charge is 2.32. The molecular weight excluding hydrogens is 402 g/mol. The Morgan fingerprint density at radius 3 is 2.69 bits per heavy atom. The summed E-state index contributed by atoms with van der Waals surface area (Å²) >= 11 is 0. The molecule has 7 nitrogen and oxygen atoms in total. The second-order valence-corrected chi connectivity index (χ2v) is 8.81. The molecule has 1 N–H and O–H groups in total. The Bertz CT molecular complexity index is 1060. The predicted octanol–water partition coefficient (Wildman–Crippen LogP) is 4.35. The van der Waals surface area contributed by atoms with Gasteiger partial charge in [-0.3, -0.25) is 14.8 Å². The van der Waals surface area contributed by atoms with Gasteiger partial charge in [-0.1, -0.05) is 25.5 Å². The van der Waals surface area contributed by atoms with Gasteiger partial charge in [-0.05, 0) is 61.3 Å². The third kappa shape index (κ3) is 5.10. The van der Waals surface area contributed by atoms with Crippen LogP contribution in [-0.2, 0) is 6.42 Å². The lowest BCUT2D eigenvalue weighted by atomic mass is 9.70. The van der Waals surface area contributed by atoms with Crippen molar-refractivity contribution in [3.8, 4) is 11.5 Å². The van der Waals surface area contributed by atoms with Gasteiger partial charge in [0.2, 0.25) is 11.8 Å². The van der Waals surface area contributed by atoms with Gasteiger partial charge < -0.3 is 9.73 Å². The molecule has 3 aromatic rings. The highest BCUT2D eigenvalue weighted by molar-refractivity contribution is 5.93. The molecule has 1 aliphatic rings. The lowest BCUT2D eigenvalue weighted by Crippen LogP contribution is -2.37. The zero-order chi connectivity index (χ0) is 22.5. The summed E-state index contributed by atoms with van der Waals surface area (Å²) in [5.74, 6) is 2.69. The minimum atomic E-state index is -0.0803. The number of carbonyl (C=O) groups excluding carboxylic acids is 1. The van der Waals surface area contributed by atoms with Crippen LogP contribution < -0.4 is 5.32 Å². The first kappa shape index (κ1) is 21.9. The monoisotopic (exact) mass is 431 g/mol. The lowest BCUT2D eigenvalue weighted by Gasteiger charge is -2.37. The van der Waals surface area contributed by atoms with Crippen molar-refractivity contribution >= 4 is 5.91 Å². The molecule has 3 heterocycles. The summed E-state index contributed by atoms with van der Waals surface area (Å²) in [6.07, 6.45) is 10.8. The molecule has 3 aromatic heterocycles. The van der Waals surface area contributed by atoms with Crippen LogP contribution in [0.2, 0.25) is 0 Å². The van der Waals surface area contributed by atoms with E-state index in [9.17, 15) is 4.79 Å². The Morgan fingerprint density at radius 2 is 1.97 bits per heavy atom. The third-order valence-electron chi connectivity index (χ3n) is 6.32. The van der Waals surface area contributed by atoms with Crippen molar-refractivity contribution in [2.75, 3.05) is 6.54 Å². The molecule has 3 atom stereocenters. The zero-order valence-corrected chi connectivity index (χ0v) is 18.7. The van der Waals surface area contributed by atoms with Crippen LogP contribution in [0.15, 0.2) is 65.1 Å². The Balaban J connectivity index is 1.43. The van der Waals surface area contributed by atoms with Crippen molar-refractivity contribution in [1.82, 2.24) is 25.5 Å². The molecule has 0 fully saturated rings. The number of pyridine rings is 2. The zero-order valence-electron chi connectivity index (χ0n) is 18.7. The second kappa shape index (κ2) is 9.85. The van der Waals surface area contributed by atoms with Crippen LogP contribution in [0.1, 0.15) is 43.4 Å².